The lowest BCUT2D eigenvalue weighted by Crippen LogP contribution is -2.41. The average molecular weight is 322 g/mol. The Labute approximate surface area is 145 Å². The Bertz CT molecular complexity index is 335. The molecule has 0 aromatic heterocycles. The highest BCUT2D eigenvalue weighted by molar-refractivity contribution is 6.49. The summed E-state index contributed by atoms with van der Waals surface area (Å²) in [6, 6.07) is 0. The summed E-state index contributed by atoms with van der Waals surface area (Å²) >= 11 is 0. The van der Waals surface area contributed by atoms with Crippen molar-refractivity contribution in [1.82, 2.24) is 0 Å². The van der Waals surface area contributed by atoms with Crippen molar-refractivity contribution < 1.29 is 9.31 Å². The second-order valence-electron chi connectivity index (χ2n) is 9.28. The van der Waals surface area contributed by atoms with Gasteiger partial charge in [0.05, 0.1) is 11.2 Å². The van der Waals surface area contributed by atoms with Crippen molar-refractivity contribution in [2.75, 3.05) is 0 Å². The fourth-order valence-electron chi connectivity index (χ4n) is 3.96. The lowest BCUT2D eigenvalue weighted by atomic mass is 9.54. The third kappa shape index (κ3) is 4.98. The predicted octanol–water partition coefficient (Wildman–Crippen LogP) is 6.53. The summed E-state index contributed by atoms with van der Waals surface area (Å²) in [6.45, 7) is 11.1. The molecule has 1 aliphatic heterocycles. The number of hydrogen-bond acceptors (Lipinski definition) is 2. The highest BCUT2D eigenvalue weighted by Crippen LogP contribution is 2.50. The van der Waals surface area contributed by atoms with Crippen LogP contribution in [0.4, 0.5) is 0 Å². The van der Waals surface area contributed by atoms with Crippen LogP contribution in [0, 0.1) is 0 Å². The molecule has 0 atom stereocenters. The molecule has 0 spiro atoms. The molecular formula is C20H39BO2. The normalized spacial score (nSPS) is 29.3. The molecule has 1 aliphatic carbocycles. The fraction of sp³-hybridized carbons (Fsp3) is 1.00. The third-order valence-electron chi connectivity index (χ3n) is 6.57. The molecular weight excluding hydrogens is 283 g/mol. The van der Waals surface area contributed by atoms with E-state index in [4.69, 9.17) is 9.31 Å². The van der Waals surface area contributed by atoms with Gasteiger partial charge >= 0.3 is 7.12 Å². The Hall–Kier alpha value is -0.0151. The minimum Gasteiger partial charge on any atom is -0.403 e. The third-order valence-corrected chi connectivity index (χ3v) is 6.57. The first-order chi connectivity index (χ1) is 10.8. The van der Waals surface area contributed by atoms with E-state index in [-0.39, 0.29) is 23.6 Å². The zero-order valence-electron chi connectivity index (χ0n) is 16.4. The van der Waals surface area contributed by atoms with Crippen LogP contribution in [-0.4, -0.2) is 18.3 Å². The van der Waals surface area contributed by atoms with Crippen LogP contribution in [0.15, 0.2) is 0 Å². The number of hydrogen-bond donors (Lipinski definition) is 0. The zero-order valence-corrected chi connectivity index (χ0v) is 16.4. The lowest BCUT2D eigenvalue weighted by Gasteiger charge is -2.32. The second-order valence-corrected chi connectivity index (χ2v) is 9.28. The Balaban J connectivity index is 2.02. The van der Waals surface area contributed by atoms with Crippen LogP contribution in [0.5, 0.6) is 0 Å². The van der Waals surface area contributed by atoms with Crippen molar-refractivity contribution in [3.63, 3.8) is 0 Å². The van der Waals surface area contributed by atoms with Gasteiger partial charge in [-0.15, -0.1) is 0 Å². The van der Waals surface area contributed by atoms with Crippen LogP contribution in [0.3, 0.4) is 0 Å². The maximum atomic E-state index is 6.43. The minimum atomic E-state index is -0.207. The highest BCUT2D eigenvalue weighted by Gasteiger charge is 2.57. The summed E-state index contributed by atoms with van der Waals surface area (Å²) in [7, 11) is -0.0439. The monoisotopic (exact) mass is 322 g/mol. The van der Waals surface area contributed by atoms with Crippen LogP contribution in [0.2, 0.25) is 5.31 Å². The summed E-state index contributed by atoms with van der Waals surface area (Å²) < 4.78 is 12.9. The van der Waals surface area contributed by atoms with Gasteiger partial charge in [-0.25, -0.2) is 0 Å². The van der Waals surface area contributed by atoms with Crippen LogP contribution < -0.4 is 0 Å². The van der Waals surface area contributed by atoms with Gasteiger partial charge in [-0.05, 0) is 40.5 Å². The summed E-state index contributed by atoms with van der Waals surface area (Å²) in [5.41, 5.74) is -0.413. The molecule has 1 saturated heterocycles. The minimum absolute atomic E-state index is 0.0439. The Kier molecular flexibility index (Phi) is 6.64. The molecule has 0 unspecified atom stereocenters. The Morgan fingerprint density at radius 1 is 0.522 bits per heavy atom. The first-order valence-electron chi connectivity index (χ1n) is 10.1. The van der Waals surface area contributed by atoms with E-state index in [1.54, 1.807) is 0 Å². The van der Waals surface area contributed by atoms with Gasteiger partial charge in [0.2, 0.25) is 0 Å². The molecule has 0 N–H and O–H groups in total. The van der Waals surface area contributed by atoms with Crippen LogP contribution in [0.1, 0.15) is 112 Å². The molecule has 3 heteroatoms. The summed E-state index contributed by atoms with van der Waals surface area (Å²) in [5, 5.41) is 0.166. The van der Waals surface area contributed by atoms with E-state index in [1.807, 2.05) is 0 Å². The molecule has 2 aliphatic rings. The molecule has 0 aromatic rings. The molecule has 2 fully saturated rings. The lowest BCUT2D eigenvalue weighted by molar-refractivity contribution is 0.00578. The Morgan fingerprint density at radius 2 is 0.826 bits per heavy atom. The maximum absolute atomic E-state index is 6.43. The molecule has 1 saturated carbocycles. The van der Waals surface area contributed by atoms with Crippen molar-refractivity contribution in [2.45, 2.75) is 128 Å². The molecule has 2 rings (SSSR count). The molecule has 0 bridgehead atoms. The summed E-state index contributed by atoms with van der Waals surface area (Å²) in [5.74, 6) is 0. The van der Waals surface area contributed by atoms with Crippen molar-refractivity contribution in [2.24, 2.45) is 0 Å². The average Bonchev–Trinajstić information content (AvgIpc) is 2.70. The maximum Gasteiger partial charge on any atom is 0.464 e. The molecule has 134 valence electrons. The molecule has 1 heterocycles. The van der Waals surface area contributed by atoms with E-state index in [9.17, 15) is 0 Å². The highest BCUT2D eigenvalue weighted by atomic mass is 16.7. The quantitative estimate of drug-likeness (QED) is 0.511. The van der Waals surface area contributed by atoms with Gasteiger partial charge < -0.3 is 9.31 Å². The van der Waals surface area contributed by atoms with Gasteiger partial charge in [0.1, 0.15) is 0 Å². The fourth-order valence-corrected chi connectivity index (χ4v) is 3.96. The van der Waals surface area contributed by atoms with Crippen molar-refractivity contribution in [3.05, 3.63) is 0 Å². The summed E-state index contributed by atoms with van der Waals surface area (Å²) in [4.78, 5) is 0. The van der Waals surface area contributed by atoms with Crippen LogP contribution in [0.25, 0.3) is 0 Å². The predicted molar refractivity (Wildman–Crippen MR) is 99.9 cm³/mol. The van der Waals surface area contributed by atoms with Gasteiger partial charge in [-0.2, -0.15) is 0 Å². The summed E-state index contributed by atoms with van der Waals surface area (Å²) in [6.07, 6.45) is 16.4. The standard InChI is InChI=1S/C20H39BO2/c1-18(2)19(3,4)23-21(22-18)20(5)16-14-12-10-8-6-7-9-11-13-15-17-20/h6-17H2,1-5H3. The zero-order chi connectivity index (χ0) is 17.0. The van der Waals surface area contributed by atoms with Crippen molar-refractivity contribution in [1.29, 1.82) is 0 Å². The van der Waals surface area contributed by atoms with Gasteiger partial charge in [-0.3, -0.25) is 0 Å². The molecule has 0 amide bonds. The van der Waals surface area contributed by atoms with Gasteiger partial charge in [0.15, 0.2) is 0 Å². The molecule has 2 nitrogen and oxygen atoms in total. The largest absolute Gasteiger partial charge is 0.464 e. The van der Waals surface area contributed by atoms with E-state index < -0.39 is 0 Å². The van der Waals surface area contributed by atoms with Gasteiger partial charge in [-0.1, -0.05) is 71.1 Å². The second kappa shape index (κ2) is 7.91. The van der Waals surface area contributed by atoms with E-state index in [1.165, 1.54) is 77.0 Å². The first-order valence-corrected chi connectivity index (χ1v) is 10.1. The SMILES string of the molecule is CC1(B2OC(C)(C)C(C)(C)O2)CCCCCCCCCCCC1. The van der Waals surface area contributed by atoms with Crippen molar-refractivity contribution in [3.8, 4) is 0 Å². The van der Waals surface area contributed by atoms with Crippen LogP contribution >= 0.6 is 0 Å². The van der Waals surface area contributed by atoms with Gasteiger partial charge in [0, 0.05) is 5.31 Å². The Morgan fingerprint density at radius 3 is 1.17 bits per heavy atom. The van der Waals surface area contributed by atoms with E-state index in [0.29, 0.717) is 0 Å². The van der Waals surface area contributed by atoms with E-state index >= 15 is 0 Å². The molecule has 0 aromatic carbocycles. The van der Waals surface area contributed by atoms with Gasteiger partial charge in [0.25, 0.3) is 0 Å². The first kappa shape index (κ1) is 19.3. The van der Waals surface area contributed by atoms with E-state index in [2.05, 4.69) is 34.6 Å². The van der Waals surface area contributed by atoms with E-state index in [0.717, 1.165) is 0 Å². The van der Waals surface area contributed by atoms with Crippen molar-refractivity contribution >= 4 is 7.12 Å². The smallest absolute Gasteiger partial charge is 0.403 e. The topological polar surface area (TPSA) is 18.5 Å². The molecule has 23 heavy (non-hydrogen) atoms. The van der Waals surface area contributed by atoms with Crippen LogP contribution in [-0.2, 0) is 9.31 Å². The molecule has 0 radical (unpaired) electrons. The number of rotatable bonds is 1.